The van der Waals surface area contributed by atoms with Crippen LogP contribution in [0.2, 0.25) is 0 Å². The largest absolute Gasteiger partial charge is 0.490 e. The van der Waals surface area contributed by atoms with Crippen molar-refractivity contribution in [2.45, 2.75) is 13.0 Å². The number of pyridine rings is 1. The van der Waals surface area contributed by atoms with E-state index in [0.29, 0.717) is 34.7 Å². The summed E-state index contributed by atoms with van der Waals surface area (Å²) in [4.78, 5) is 33.0. The Hall–Kier alpha value is -4.19. The van der Waals surface area contributed by atoms with Gasteiger partial charge in [-0.2, -0.15) is 0 Å². The number of carbonyl (C=O) groups is 1. The minimum absolute atomic E-state index is 0.0403. The van der Waals surface area contributed by atoms with Crippen LogP contribution in [0.25, 0.3) is 11.0 Å². The van der Waals surface area contributed by atoms with Gasteiger partial charge in [0.25, 0.3) is 5.91 Å². The van der Waals surface area contributed by atoms with E-state index in [-0.39, 0.29) is 11.2 Å². The van der Waals surface area contributed by atoms with Crippen molar-refractivity contribution in [1.29, 1.82) is 0 Å². The molecular weight excluding hydrogens is 404 g/mol. The zero-order chi connectivity index (χ0) is 22.2. The maximum atomic E-state index is 13.5. The van der Waals surface area contributed by atoms with E-state index in [1.165, 1.54) is 4.90 Å². The SMILES string of the molecule is C=CCOc1cccc([C@@H]2c3c(oc4ccccc4c3=O)C(=O)N2c2ccc(C)cn2)c1. The number of benzene rings is 2. The lowest BCUT2D eigenvalue weighted by Crippen LogP contribution is -2.30. The predicted octanol–water partition coefficient (Wildman–Crippen LogP) is 4.81. The van der Waals surface area contributed by atoms with Gasteiger partial charge in [0.2, 0.25) is 5.76 Å². The molecule has 0 unspecified atom stereocenters. The molecule has 3 heterocycles. The molecule has 0 aliphatic carbocycles. The first-order valence-electron chi connectivity index (χ1n) is 10.2. The molecule has 2 aromatic heterocycles. The number of para-hydroxylation sites is 1. The van der Waals surface area contributed by atoms with Crippen molar-refractivity contribution in [3.05, 3.63) is 112 Å². The smallest absolute Gasteiger partial charge is 0.296 e. The molecule has 5 rings (SSSR count). The van der Waals surface area contributed by atoms with Crippen LogP contribution in [0.5, 0.6) is 5.75 Å². The maximum absolute atomic E-state index is 13.5. The molecule has 1 amide bonds. The van der Waals surface area contributed by atoms with Crippen LogP contribution in [0.15, 0.2) is 88.7 Å². The Balaban J connectivity index is 1.75. The molecule has 0 N–H and O–H groups in total. The third-order valence-corrected chi connectivity index (χ3v) is 5.46. The van der Waals surface area contributed by atoms with Crippen molar-refractivity contribution >= 4 is 22.7 Å². The fraction of sp³-hybridized carbons (Fsp3) is 0.115. The predicted molar refractivity (Wildman–Crippen MR) is 122 cm³/mol. The Kier molecular flexibility index (Phi) is 4.82. The van der Waals surface area contributed by atoms with Crippen molar-refractivity contribution in [2.75, 3.05) is 11.5 Å². The average Bonchev–Trinajstić information content (AvgIpc) is 3.11. The van der Waals surface area contributed by atoms with Gasteiger partial charge in [-0.15, -0.1) is 0 Å². The lowest BCUT2D eigenvalue weighted by atomic mass is 9.98. The second kappa shape index (κ2) is 7.81. The molecule has 0 bridgehead atoms. The van der Waals surface area contributed by atoms with E-state index >= 15 is 0 Å². The van der Waals surface area contributed by atoms with Gasteiger partial charge >= 0.3 is 0 Å². The molecule has 0 saturated heterocycles. The molecule has 0 spiro atoms. The lowest BCUT2D eigenvalue weighted by Gasteiger charge is -2.24. The van der Waals surface area contributed by atoms with Crippen molar-refractivity contribution in [2.24, 2.45) is 0 Å². The summed E-state index contributed by atoms with van der Waals surface area (Å²) in [6, 6.07) is 17.3. The third-order valence-electron chi connectivity index (χ3n) is 5.46. The molecule has 158 valence electrons. The van der Waals surface area contributed by atoms with Gasteiger partial charge in [-0.1, -0.05) is 43.0 Å². The fourth-order valence-corrected chi connectivity index (χ4v) is 4.00. The first-order valence-corrected chi connectivity index (χ1v) is 10.2. The molecule has 1 aliphatic rings. The number of nitrogens with zero attached hydrogens (tertiary/aromatic N) is 2. The highest BCUT2D eigenvalue weighted by molar-refractivity contribution is 6.10. The molecule has 1 atom stereocenters. The topological polar surface area (TPSA) is 72.6 Å². The summed E-state index contributed by atoms with van der Waals surface area (Å²) in [6.07, 6.45) is 3.35. The number of ether oxygens (including phenoxy) is 1. The number of aryl methyl sites for hydroxylation is 1. The van der Waals surface area contributed by atoms with Crippen LogP contribution in [-0.4, -0.2) is 17.5 Å². The van der Waals surface area contributed by atoms with E-state index in [9.17, 15) is 9.59 Å². The number of carbonyl (C=O) groups excluding carboxylic acids is 1. The molecule has 0 fully saturated rings. The number of amides is 1. The first-order chi connectivity index (χ1) is 15.6. The van der Waals surface area contributed by atoms with Gasteiger partial charge in [0.05, 0.1) is 17.0 Å². The van der Waals surface area contributed by atoms with Crippen LogP contribution in [0, 0.1) is 6.92 Å². The van der Waals surface area contributed by atoms with E-state index in [2.05, 4.69) is 11.6 Å². The van der Waals surface area contributed by atoms with Crippen LogP contribution >= 0.6 is 0 Å². The summed E-state index contributed by atoms with van der Waals surface area (Å²) in [6.45, 7) is 5.95. The molecular formula is C26H20N2O4. The van der Waals surface area contributed by atoms with Gasteiger partial charge in [0.15, 0.2) is 5.43 Å². The standard InChI is InChI=1S/C26H20N2O4/c1-3-13-31-18-8-6-7-17(14-18)23-22-24(29)19-9-4-5-10-20(19)32-25(22)26(30)28(23)21-12-11-16(2)15-27-21/h3-12,14-15,23H,1,13H2,2H3/t23-/m1/s1. The van der Waals surface area contributed by atoms with E-state index < -0.39 is 11.9 Å². The molecule has 32 heavy (non-hydrogen) atoms. The maximum Gasteiger partial charge on any atom is 0.296 e. The molecule has 4 aromatic rings. The third kappa shape index (κ3) is 3.17. The van der Waals surface area contributed by atoms with Crippen LogP contribution in [0.3, 0.4) is 0 Å². The normalized spacial score (nSPS) is 15.1. The Labute approximate surface area is 184 Å². The molecule has 0 radical (unpaired) electrons. The van der Waals surface area contributed by atoms with Crippen molar-refractivity contribution < 1.29 is 13.9 Å². The highest BCUT2D eigenvalue weighted by atomic mass is 16.5. The fourth-order valence-electron chi connectivity index (χ4n) is 4.00. The summed E-state index contributed by atoms with van der Waals surface area (Å²) >= 11 is 0. The van der Waals surface area contributed by atoms with E-state index in [1.807, 2.05) is 37.3 Å². The second-order valence-corrected chi connectivity index (χ2v) is 7.61. The van der Waals surface area contributed by atoms with Crippen LogP contribution in [0.4, 0.5) is 5.82 Å². The van der Waals surface area contributed by atoms with Crippen molar-refractivity contribution in [1.82, 2.24) is 4.98 Å². The van der Waals surface area contributed by atoms with E-state index in [0.717, 1.165) is 11.1 Å². The Morgan fingerprint density at radius 3 is 2.75 bits per heavy atom. The molecule has 2 aromatic carbocycles. The van der Waals surface area contributed by atoms with Crippen molar-refractivity contribution in [3.8, 4) is 5.75 Å². The second-order valence-electron chi connectivity index (χ2n) is 7.61. The molecule has 1 aliphatic heterocycles. The number of aromatic nitrogens is 1. The van der Waals surface area contributed by atoms with Gasteiger partial charge in [-0.05, 0) is 48.4 Å². The van der Waals surface area contributed by atoms with Gasteiger partial charge in [-0.25, -0.2) is 4.98 Å². The minimum Gasteiger partial charge on any atom is -0.490 e. The number of hydrogen-bond acceptors (Lipinski definition) is 5. The Bertz CT molecular complexity index is 1410. The van der Waals surface area contributed by atoms with Crippen molar-refractivity contribution in [3.63, 3.8) is 0 Å². The summed E-state index contributed by atoms with van der Waals surface area (Å²) in [5, 5.41) is 0.432. The van der Waals surface area contributed by atoms with Gasteiger partial charge in [0, 0.05) is 6.20 Å². The number of rotatable bonds is 5. The number of anilines is 1. The minimum atomic E-state index is -0.694. The summed E-state index contributed by atoms with van der Waals surface area (Å²) in [5.41, 5.74) is 2.15. The highest BCUT2D eigenvalue weighted by Gasteiger charge is 2.44. The quantitative estimate of drug-likeness (QED) is 0.430. The zero-order valence-corrected chi connectivity index (χ0v) is 17.4. The average molecular weight is 424 g/mol. The van der Waals surface area contributed by atoms with E-state index in [1.54, 1.807) is 42.6 Å². The lowest BCUT2D eigenvalue weighted by molar-refractivity contribution is 0.0970. The van der Waals surface area contributed by atoms with Gasteiger partial charge in [-0.3, -0.25) is 14.5 Å². The molecule has 6 heteroatoms. The molecule has 6 nitrogen and oxygen atoms in total. The molecule has 0 saturated carbocycles. The first kappa shape index (κ1) is 19.8. The zero-order valence-electron chi connectivity index (χ0n) is 17.4. The summed E-state index contributed by atoms with van der Waals surface area (Å²) < 4.78 is 11.6. The van der Waals surface area contributed by atoms with Crippen LogP contribution in [0.1, 0.15) is 33.3 Å². The Morgan fingerprint density at radius 2 is 1.97 bits per heavy atom. The highest BCUT2D eigenvalue weighted by Crippen LogP contribution is 2.41. The van der Waals surface area contributed by atoms with E-state index in [4.69, 9.17) is 9.15 Å². The summed E-state index contributed by atoms with van der Waals surface area (Å²) in [5.74, 6) is 0.697. The summed E-state index contributed by atoms with van der Waals surface area (Å²) in [7, 11) is 0. The number of fused-ring (bicyclic) bond motifs is 2. The Morgan fingerprint density at radius 1 is 1.12 bits per heavy atom. The number of hydrogen-bond donors (Lipinski definition) is 0. The monoisotopic (exact) mass is 424 g/mol. The van der Waals surface area contributed by atoms with Crippen LogP contribution in [-0.2, 0) is 0 Å². The van der Waals surface area contributed by atoms with Gasteiger partial charge < -0.3 is 9.15 Å². The van der Waals surface area contributed by atoms with Crippen LogP contribution < -0.4 is 15.1 Å². The van der Waals surface area contributed by atoms with Gasteiger partial charge in [0.1, 0.15) is 23.8 Å².